The zero-order valence-corrected chi connectivity index (χ0v) is 23.6. The number of aromatic amines is 1. The molecule has 0 radical (unpaired) electrons. The monoisotopic (exact) mass is 653 g/mol. The van der Waals surface area contributed by atoms with Crippen LogP contribution in [0.15, 0.2) is 52.2 Å². The normalized spacial score (nSPS) is 23.7. The molecule has 1 aliphatic rings. The molecule has 0 unspecified atom stereocenters. The molecule has 1 fully saturated rings. The van der Waals surface area contributed by atoms with Gasteiger partial charge in [-0.3, -0.25) is 14.1 Å². The molecule has 3 rings (SSSR count). The Bertz CT molecular complexity index is 1190. The lowest BCUT2D eigenvalue weighted by Crippen LogP contribution is -2.44. The van der Waals surface area contributed by atoms with E-state index in [0.29, 0.717) is 0 Å². The Hall–Kier alpha value is -1.80. The fraction of sp³-hybridized carbons (Fsp3) is 0.476. The summed E-state index contributed by atoms with van der Waals surface area (Å²) in [6, 6.07) is 8.19. The Kier molecular flexibility index (Phi) is 9.36. The third-order valence-corrected chi connectivity index (χ3v) is 8.30. The van der Waals surface area contributed by atoms with E-state index in [1.54, 1.807) is 44.2 Å². The topological polar surface area (TPSA) is 158 Å². The summed E-state index contributed by atoms with van der Waals surface area (Å²) in [6.45, 7) is 4.28. The maximum absolute atomic E-state index is 13.6. The third-order valence-electron chi connectivity index (χ3n) is 4.94. The summed E-state index contributed by atoms with van der Waals surface area (Å²) in [7, 11) is -4.24. The number of aliphatic hydroxyl groups excluding tert-OH is 1. The first kappa shape index (κ1) is 28.8. The van der Waals surface area contributed by atoms with Gasteiger partial charge in [0.1, 0.15) is 24.0 Å². The molecule has 0 aliphatic carbocycles. The summed E-state index contributed by atoms with van der Waals surface area (Å²) in [5.74, 6) is -0.480. The molecule has 0 amide bonds. The van der Waals surface area contributed by atoms with Crippen LogP contribution in [0, 0.1) is 0 Å². The van der Waals surface area contributed by atoms with Gasteiger partial charge in [0.05, 0.1) is 12.7 Å². The number of aliphatic hydroxyl groups is 1. The van der Waals surface area contributed by atoms with Crippen molar-refractivity contribution in [1.29, 1.82) is 0 Å². The first-order valence-corrected chi connectivity index (χ1v) is 14.0. The summed E-state index contributed by atoms with van der Waals surface area (Å²) in [5.41, 5.74) is -1.43. The molecule has 3 N–H and O–H groups in total. The summed E-state index contributed by atoms with van der Waals surface area (Å²) in [4.78, 5) is 39.2. The van der Waals surface area contributed by atoms with E-state index in [4.69, 9.17) is 18.5 Å². The van der Waals surface area contributed by atoms with Gasteiger partial charge in [0.15, 0.2) is 9.46 Å². The SMILES string of the molecule is CC(C)OC(=O)[C@H](C)N[P@](=O)(OC[C@H]1O[C@@H](n2c(=O)cc[nH]c2=O)C(Br)(Br)[C@@H]1O)Oc1ccccc1. The smallest absolute Gasteiger partial charge is 0.459 e. The van der Waals surface area contributed by atoms with Gasteiger partial charge in [-0.15, -0.1) is 0 Å². The molecule has 198 valence electrons. The van der Waals surface area contributed by atoms with Gasteiger partial charge in [-0.05, 0) is 32.9 Å². The van der Waals surface area contributed by atoms with E-state index in [1.807, 2.05) is 0 Å². The van der Waals surface area contributed by atoms with Crippen LogP contribution in [0.4, 0.5) is 0 Å². The first-order chi connectivity index (χ1) is 16.8. The van der Waals surface area contributed by atoms with Gasteiger partial charge in [0.25, 0.3) is 5.56 Å². The van der Waals surface area contributed by atoms with E-state index in [2.05, 4.69) is 41.9 Å². The van der Waals surface area contributed by atoms with Crippen LogP contribution in [0.2, 0.25) is 0 Å². The third kappa shape index (κ3) is 6.74. The van der Waals surface area contributed by atoms with Crippen molar-refractivity contribution in [3.8, 4) is 5.75 Å². The Balaban J connectivity index is 1.81. The number of nitrogens with zero attached hydrogens (tertiary/aromatic N) is 1. The van der Waals surface area contributed by atoms with E-state index in [-0.39, 0.29) is 5.75 Å². The zero-order chi connectivity index (χ0) is 26.7. The molecule has 0 bridgehead atoms. The van der Waals surface area contributed by atoms with Crippen LogP contribution >= 0.6 is 39.6 Å². The van der Waals surface area contributed by atoms with Crippen molar-refractivity contribution in [1.82, 2.24) is 14.6 Å². The maximum atomic E-state index is 13.6. The highest BCUT2D eigenvalue weighted by Gasteiger charge is 2.55. The number of halogens is 2. The largest absolute Gasteiger partial charge is 0.462 e. The molecule has 1 saturated heterocycles. The molecule has 1 aromatic heterocycles. The van der Waals surface area contributed by atoms with Crippen molar-refractivity contribution in [3.63, 3.8) is 0 Å². The number of ether oxygens (including phenoxy) is 2. The molecule has 12 nitrogen and oxygen atoms in total. The lowest BCUT2D eigenvalue weighted by molar-refractivity contribution is -0.149. The molecule has 15 heteroatoms. The van der Waals surface area contributed by atoms with Crippen LogP contribution in [0.3, 0.4) is 0 Å². The minimum Gasteiger partial charge on any atom is -0.462 e. The second-order valence-electron chi connectivity index (χ2n) is 8.17. The lowest BCUT2D eigenvalue weighted by atomic mass is 10.2. The lowest BCUT2D eigenvalue weighted by Gasteiger charge is -2.25. The molecule has 2 aromatic rings. The molecule has 5 atom stereocenters. The van der Waals surface area contributed by atoms with Crippen molar-refractivity contribution < 1.29 is 33.0 Å². The molecule has 1 aromatic carbocycles. The van der Waals surface area contributed by atoms with Crippen molar-refractivity contribution in [2.45, 2.75) is 54.6 Å². The first-order valence-electron chi connectivity index (χ1n) is 10.8. The highest BCUT2D eigenvalue weighted by Crippen LogP contribution is 2.51. The highest BCUT2D eigenvalue weighted by atomic mass is 79.9. The van der Waals surface area contributed by atoms with E-state index >= 15 is 0 Å². The second kappa shape index (κ2) is 11.7. The average Bonchev–Trinajstić information content (AvgIpc) is 3.01. The molecular weight excluding hydrogens is 629 g/mol. The number of rotatable bonds is 10. The van der Waals surface area contributed by atoms with Crippen LogP contribution < -0.4 is 20.9 Å². The van der Waals surface area contributed by atoms with Crippen LogP contribution in [0.1, 0.15) is 27.0 Å². The minimum absolute atomic E-state index is 0.196. The number of benzene rings is 1. The van der Waals surface area contributed by atoms with E-state index in [0.717, 1.165) is 10.6 Å². The number of aromatic nitrogens is 2. The van der Waals surface area contributed by atoms with Crippen molar-refractivity contribution in [2.24, 2.45) is 0 Å². The van der Waals surface area contributed by atoms with Crippen LogP contribution in [0.25, 0.3) is 0 Å². The number of hydrogen-bond donors (Lipinski definition) is 3. The summed E-state index contributed by atoms with van der Waals surface area (Å²) >= 11 is 6.55. The van der Waals surface area contributed by atoms with Gasteiger partial charge in [-0.25, -0.2) is 13.9 Å². The number of para-hydroxylation sites is 1. The Morgan fingerprint density at radius 1 is 1.25 bits per heavy atom. The Morgan fingerprint density at radius 2 is 1.92 bits per heavy atom. The quantitative estimate of drug-likeness (QED) is 0.197. The summed E-state index contributed by atoms with van der Waals surface area (Å²) < 4.78 is 35.0. The molecular formula is C21H26Br2N3O9P. The van der Waals surface area contributed by atoms with Gasteiger partial charge >= 0.3 is 19.4 Å². The number of alkyl halides is 2. The Morgan fingerprint density at radius 3 is 2.53 bits per heavy atom. The van der Waals surface area contributed by atoms with Crippen LogP contribution in [-0.2, 0) is 23.4 Å². The average molecular weight is 655 g/mol. The second-order valence-corrected chi connectivity index (χ2v) is 13.6. The summed E-state index contributed by atoms with van der Waals surface area (Å²) in [5, 5.41) is 13.4. The maximum Gasteiger partial charge on any atom is 0.459 e. The van der Waals surface area contributed by atoms with Gasteiger partial charge in [-0.2, -0.15) is 5.09 Å². The van der Waals surface area contributed by atoms with Crippen LogP contribution in [0.5, 0.6) is 5.75 Å². The number of H-pyrrole nitrogens is 1. The van der Waals surface area contributed by atoms with E-state index in [9.17, 15) is 24.1 Å². The zero-order valence-electron chi connectivity index (χ0n) is 19.5. The van der Waals surface area contributed by atoms with Gasteiger partial charge in [-0.1, -0.05) is 50.1 Å². The fourth-order valence-electron chi connectivity index (χ4n) is 3.25. The predicted octanol–water partition coefficient (Wildman–Crippen LogP) is 2.41. The molecule has 2 heterocycles. The predicted molar refractivity (Wildman–Crippen MR) is 136 cm³/mol. The standard InChI is InChI=1S/C21H26Br2N3O9P/c1-12(2)33-18(29)13(3)25-36(31,35-14-7-5-4-6-8-14)32-11-15-17(28)21(22,23)19(34-15)26-16(27)9-10-24-20(26)30/h4-10,12-13,15,17,19,28H,11H2,1-3H3,(H,24,30)(H,25,31)/t13-,15+,17+,19+,36-/m0/s1. The number of hydrogen-bond acceptors (Lipinski definition) is 9. The van der Waals surface area contributed by atoms with E-state index in [1.165, 1.54) is 13.1 Å². The molecule has 0 saturated carbocycles. The Labute approximate surface area is 223 Å². The number of nitrogens with one attached hydrogen (secondary N) is 2. The highest BCUT2D eigenvalue weighted by molar-refractivity contribution is 9.25. The van der Waals surface area contributed by atoms with Crippen molar-refractivity contribution >= 4 is 45.6 Å². The van der Waals surface area contributed by atoms with Crippen LogP contribution in [-0.4, -0.2) is 54.8 Å². The van der Waals surface area contributed by atoms with E-state index < -0.39 is 65.4 Å². The number of carbonyl (C=O) groups excluding carboxylic acids is 1. The molecule has 1 aliphatic heterocycles. The van der Waals surface area contributed by atoms with Gasteiger partial charge in [0.2, 0.25) is 0 Å². The molecule has 0 spiro atoms. The van der Waals surface area contributed by atoms with Gasteiger partial charge < -0.3 is 24.1 Å². The minimum atomic E-state index is -4.24. The van der Waals surface area contributed by atoms with Crippen molar-refractivity contribution in [3.05, 3.63) is 63.4 Å². The molecule has 36 heavy (non-hydrogen) atoms. The number of esters is 1. The fourth-order valence-corrected chi connectivity index (χ4v) is 5.97. The number of carbonyl (C=O) groups is 1. The van der Waals surface area contributed by atoms with Gasteiger partial charge in [0, 0.05) is 12.3 Å². The van der Waals surface area contributed by atoms with Crippen molar-refractivity contribution in [2.75, 3.05) is 6.61 Å². The summed E-state index contributed by atoms with van der Waals surface area (Å²) in [6.07, 6.45) is -3.05.